The highest BCUT2D eigenvalue weighted by Crippen LogP contribution is 2.27. The lowest BCUT2D eigenvalue weighted by atomic mass is 10.3. The van der Waals surface area contributed by atoms with Crippen LogP contribution in [0, 0.1) is 5.92 Å². The number of rotatable bonds is 3. The fourth-order valence-corrected chi connectivity index (χ4v) is 1.22. The molecule has 3 nitrogen and oxygen atoms in total. The molecule has 2 rings (SSSR count). The Morgan fingerprint density at radius 1 is 1.33 bits per heavy atom. The Morgan fingerprint density at radius 3 is 2.60 bits per heavy atom. The molecular formula is C12H12O3. The van der Waals surface area contributed by atoms with Gasteiger partial charge in [-0.1, -0.05) is 29.8 Å². The molecule has 1 atom stereocenters. The first-order valence-electron chi connectivity index (χ1n) is 4.83. The molecule has 0 aromatic heterocycles. The van der Waals surface area contributed by atoms with Crippen LogP contribution in [0.2, 0.25) is 0 Å². The SMILES string of the molecule is CC1=CC1COC(=O)Oc1ccccc1. The minimum absolute atomic E-state index is 0.327. The molecule has 1 unspecified atom stereocenters. The van der Waals surface area contributed by atoms with E-state index < -0.39 is 6.16 Å². The Labute approximate surface area is 88.3 Å². The van der Waals surface area contributed by atoms with Crippen LogP contribution in [0.5, 0.6) is 5.75 Å². The monoisotopic (exact) mass is 204 g/mol. The lowest BCUT2D eigenvalue weighted by Crippen LogP contribution is -2.12. The summed E-state index contributed by atoms with van der Waals surface area (Å²) in [7, 11) is 0. The Bertz CT molecular complexity index is 381. The van der Waals surface area contributed by atoms with Gasteiger partial charge in [-0.3, -0.25) is 0 Å². The first kappa shape index (κ1) is 9.77. The Kier molecular flexibility index (Phi) is 2.72. The number of para-hydroxylation sites is 1. The van der Waals surface area contributed by atoms with Crippen molar-refractivity contribution in [3.05, 3.63) is 42.0 Å². The standard InChI is InChI=1S/C12H12O3/c1-9-7-10(9)8-14-12(13)15-11-5-3-2-4-6-11/h2-7,10H,8H2,1H3. The molecule has 0 radical (unpaired) electrons. The maximum Gasteiger partial charge on any atom is 0.513 e. The molecule has 0 spiro atoms. The average Bonchev–Trinajstić information content (AvgIpc) is 2.93. The van der Waals surface area contributed by atoms with Crippen LogP contribution < -0.4 is 4.74 Å². The van der Waals surface area contributed by atoms with Gasteiger partial charge in [-0.15, -0.1) is 0 Å². The van der Waals surface area contributed by atoms with E-state index in [-0.39, 0.29) is 0 Å². The molecule has 0 saturated heterocycles. The first-order valence-corrected chi connectivity index (χ1v) is 4.83. The van der Waals surface area contributed by atoms with Crippen molar-refractivity contribution in [3.8, 4) is 5.75 Å². The summed E-state index contributed by atoms with van der Waals surface area (Å²) in [6.07, 6.45) is 1.41. The number of hydrogen-bond donors (Lipinski definition) is 0. The Hall–Kier alpha value is -1.77. The maximum atomic E-state index is 11.2. The van der Waals surface area contributed by atoms with Crippen LogP contribution in [0.25, 0.3) is 0 Å². The fraction of sp³-hybridized carbons (Fsp3) is 0.250. The van der Waals surface area contributed by atoms with E-state index in [0.29, 0.717) is 18.3 Å². The minimum atomic E-state index is -0.644. The van der Waals surface area contributed by atoms with Gasteiger partial charge in [0.2, 0.25) is 0 Å². The third-order valence-electron chi connectivity index (χ3n) is 2.26. The number of benzene rings is 1. The van der Waals surface area contributed by atoms with E-state index in [4.69, 9.17) is 9.47 Å². The summed E-state index contributed by atoms with van der Waals surface area (Å²) in [5.74, 6) is 0.830. The normalized spacial score (nSPS) is 17.9. The highest BCUT2D eigenvalue weighted by Gasteiger charge is 2.22. The van der Waals surface area contributed by atoms with E-state index in [1.54, 1.807) is 24.3 Å². The summed E-state index contributed by atoms with van der Waals surface area (Å²) >= 11 is 0. The van der Waals surface area contributed by atoms with E-state index >= 15 is 0 Å². The molecule has 3 heteroatoms. The van der Waals surface area contributed by atoms with E-state index in [0.717, 1.165) is 0 Å². The predicted octanol–water partition coefficient (Wildman–Crippen LogP) is 2.78. The zero-order chi connectivity index (χ0) is 10.7. The molecule has 78 valence electrons. The zero-order valence-electron chi connectivity index (χ0n) is 8.47. The van der Waals surface area contributed by atoms with Crippen LogP contribution >= 0.6 is 0 Å². The summed E-state index contributed by atoms with van der Waals surface area (Å²) in [5.41, 5.74) is 1.27. The summed E-state index contributed by atoms with van der Waals surface area (Å²) < 4.78 is 9.87. The average molecular weight is 204 g/mol. The smallest absolute Gasteiger partial charge is 0.433 e. The van der Waals surface area contributed by atoms with Crippen LogP contribution in [0.3, 0.4) is 0 Å². The number of carbonyl (C=O) groups excluding carboxylic acids is 1. The predicted molar refractivity (Wildman–Crippen MR) is 55.7 cm³/mol. The summed E-state index contributed by atoms with van der Waals surface area (Å²) in [6.45, 7) is 2.40. The third-order valence-corrected chi connectivity index (χ3v) is 2.26. The molecule has 0 heterocycles. The van der Waals surface area contributed by atoms with Crippen molar-refractivity contribution in [3.63, 3.8) is 0 Å². The van der Waals surface area contributed by atoms with E-state index in [1.807, 2.05) is 13.0 Å². The van der Waals surface area contributed by atoms with E-state index in [2.05, 4.69) is 6.08 Å². The van der Waals surface area contributed by atoms with Gasteiger partial charge in [-0.2, -0.15) is 0 Å². The molecule has 0 bridgehead atoms. The van der Waals surface area contributed by atoms with Gasteiger partial charge in [0.05, 0.1) is 0 Å². The number of ether oxygens (including phenoxy) is 2. The largest absolute Gasteiger partial charge is 0.513 e. The van der Waals surface area contributed by atoms with Crippen molar-refractivity contribution in [1.29, 1.82) is 0 Å². The number of hydrogen-bond acceptors (Lipinski definition) is 3. The fourth-order valence-electron chi connectivity index (χ4n) is 1.22. The second-order valence-electron chi connectivity index (χ2n) is 3.49. The molecule has 1 aliphatic carbocycles. The van der Waals surface area contributed by atoms with Crippen LogP contribution in [-0.2, 0) is 4.74 Å². The van der Waals surface area contributed by atoms with Gasteiger partial charge in [0.1, 0.15) is 12.4 Å². The number of carbonyl (C=O) groups is 1. The van der Waals surface area contributed by atoms with Crippen molar-refractivity contribution in [1.82, 2.24) is 0 Å². The minimum Gasteiger partial charge on any atom is -0.433 e. The Balaban J connectivity index is 1.73. The van der Waals surface area contributed by atoms with Crippen molar-refractivity contribution < 1.29 is 14.3 Å². The van der Waals surface area contributed by atoms with Crippen molar-refractivity contribution in [2.24, 2.45) is 5.92 Å². The zero-order valence-corrected chi connectivity index (χ0v) is 8.47. The van der Waals surface area contributed by atoms with E-state index in [9.17, 15) is 4.79 Å². The molecule has 15 heavy (non-hydrogen) atoms. The van der Waals surface area contributed by atoms with Crippen LogP contribution in [0.1, 0.15) is 6.92 Å². The molecule has 0 fully saturated rings. The molecule has 1 aliphatic rings. The molecule has 0 saturated carbocycles. The first-order chi connectivity index (χ1) is 7.25. The highest BCUT2D eigenvalue weighted by atomic mass is 16.7. The third kappa shape index (κ3) is 2.84. The molecule has 0 N–H and O–H groups in total. The second-order valence-corrected chi connectivity index (χ2v) is 3.49. The lowest BCUT2D eigenvalue weighted by Gasteiger charge is -2.04. The summed E-state index contributed by atoms with van der Waals surface area (Å²) in [5, 5.41) is 0. The lowest BCUT2D eigenvalue weighted by molar-refractivity contribution is 0.0964. The second kappa shape index (κ2) is 4.17. The van der Waals surface area contributed by atoms with Gasteiger partial charge in [-0.25, -0.2) is 4.79 Å². The summed E-state index contributed by atoms with van der Waals surface area (Å²) in [6, 6.07) is 8.88. The molecule has 1 aromatic rings. The molecule has 0 amide bonds. The van der Waals surface area contributed by atoms with Crippen LogP contribution in [0.4, 0.5) is 4.79 Å². The van der Waals surface area contributed by atoms with Gasteiger partial charge >= 0.3 is 6.16 Å². The quantitative estimate of drug-likeness (QED) is 0.431. The van der Waals surface area contributed by atoms with Gasteiger partial charge in [0.15, 0.2) is 0 Å². The molecule has 0 aliphatic heterocycles. The van der Waals surface area contributed by atoms with Crippen molar-refractivity contribution in [2.45, 2.75) is 6.92 Å². The van der Waals surface area contributed by atoms with Gasteiger partial charge in [0, 0.05) is 5.92 Å². The van der Waals surface area contributed by atoms with Gasteiger partial charge in [0.25, 0.3) is 0 Å². The molecule has 1 aromatic carbocycles. The van der Waals surface area contributed by atoms with Crippen LogP contribution in [0.15, 0.2) is 42.0 Å². The van der Waals surface area contributed by atoms with Crippen molar-refractivity contribution in [2.75, 3.05) is 6.61 Å². The maximum absolute atomic E-state index is 11.2. The molecular weight excluding hydrogens is 192 g/mol. The van der Waals surface area contributed by atoms with Gasteiger partial charge < -0.3 is 9.47 Å². The van der Waals surface area contributed by atoms with E-state index in [1.165, 1.54) is 5.57 Å². The van der Waals surface area contributed by atoms with Crippen LogP contribution in [-0.4, -0.2) is 12.8 Å². The highest BCUT2D eigenvalue weighted by molar-refractivity contribution is 5.63. The Morgan fingerprint density at radius 2 is 2.00 bits per heavy atom. The summed E-state index contributed by atoms with van der Waals surface area (Å²) in [4.78, 5) is 11.2. The topological polar surface area (TPSA) is 35.5 Å². The van der Waals surface area contributed by atoms with Gasteiger partial charge in [-0.05, 0) is 19.1 Å². The van der Waals surface area contributed by atoms with Crippen molar-refractivity contribution >= 4 is 6.16 Å².